The lowest BCUT2D eigenvalue weighted by Crippen LogP contribution is -2.11. The Morgan fingerprint density at radius 2 is 0.839 bits per heavy atom. The van der Waals surface area contributed by atoms with E-state index in [0.29, 0.717) is 18.8 Å². The van der Waals surface area contributed by atoms with Crippen LogP contribution in [0.5, 0.6) is 0 Å². The van der Waals surface area contributed by atoms with Gasteiger partial charge in [0.25, 0.3) is 0 Å². The SMILES string of the molecule is CCOC(=O)c1sc2c(sc3c(C(=O)OCC)c(C(=O)OCC)sc32)c1C(=O)OCC. The molecule has 31 heavy (non-hydrogen) atoms. The molecule has 0 aliphatic rings. The lowest BCUT2D eigenvalue weighted by atomic mass is 10.2. The van der Waals surface area contributed by atoms with Gasteiger partial charge in [-0.1, -0.05) is 0 Å². The van der Waals surface area contributed by atoms with Gasteiger partial charge in [-0.05, 0) is 27.7 Å². The predicted octanol–water partition coefficient (Wildman–Crippen LogP) is 4.88. The maximum atomic E-state index is 12.7. The predicted molar refractivity (Wildman–Crippen MR) is 119 cm³/mol. The minimum Gasteiger partial charge on any atom is -0.462 e. The number of rotatable bonds is 8. The van der Waals surface area contributed by atoms with Gasteiger partial charge in [0.2, 0.25) is 0 Å². The molecule has 0 unspecified atom stereocenters. The van der Waals surface area contributed by atoms with Crippen LogP contribution in [0.15, 0.2) is 0 Å². The van der Waals surface area contributed by atoms with Gasteiger partial charge in [0.05, 0.1) is 45.2 Å². The van der Waals surface area contributed by atoms with E-state index in [9.17, 15) is 19.2 Å². The van der Waals surface area contributed by atoms with E-state index in [-0.39, 0.29) is 47.3 Å². The average Bonchev–Trinajstić information content (AvgIpc) is 3.36. The molecular formula is C20H20O8S3. The zero-order valence-electron chi connectivity index (χ0n) is 17.3. The first-order valence-electron chi connectivity index (χ1n) is 9.59. The molecule has 0 radical (unpaired) electrons. The molecule has 0 atom stereocenters. The molecule has 0 saturated carbocycles. The van der Waals surface area contributed by atoms with Crippen LogP contribution in [-0.2, 0) is 18.9 Å². The quantitative estimate of drug-likeness (QED) is 0.329. The van der Waals surface area contributed by atoms with Gasteiger partial charge in [-0.3, -0.25) is 0 Å². The maximum absolute atomic E-state index is 12.7. The van der Waals surface area contributed by atoms with Crippen molar-refractivity contribution in [1.82, 2.24) is 0 Å². The van der Waals surface area contributed by atoms with Crippen molar-refractivity contribution in [3.63, 3.8) is 0 Å². The van der Waals surface area contributed by atoms with E-state index in [4.69, 9.17) is 18.9 Å². The molecule has 0 aliphatic heterocycles. The van der Waals surface area contributed by atoms with Gasteiger partial charge in [-0.15, -0.1) is 34.0 Å². The van der Waals surface area contributed by atoms with Gasteiger partial charge in [0.15, 0.2) is 0 Å². The molecule has 3 aromatic heterocycles. The third-order valence-corrected chi connectivity index (χ3v) is 8.01. The zero-order valence-corrected chi connectivity index (χ0v) is 19.8. The first-order valence-corrected chi connectivity index (χ1v) is 12.0. The molecule has 0 fully saturated rings. The monoisotopic (exact) mass is 484 g/mol. The molecule has 0 amide bonds. The normalized spacial score (nSPS) is 11.0. The van der Waals surface area contributed by atoms with E-state index in [0.717, 1.165) is 34.0 Å². The number of esters is 4. The lowest BCUT2D eigenvalue weighted by Gasteiger charge is -2.04. The van der Waals surface area contributed by atoms with Crippen LogP contribution in [0.2, 0.25) is 0 Å². The van der Waals surface area contributed by atoms with Crippen LogP contribution >= 0.6 is 34.0 Å². The largest absolute Gasteiger partial charge is 0.462 e. The van der Waals surface area contributed by atoms with Crippen LogP contribution in [0.1, 0.15) is 67.8 Å². The van der Waals surface area contributed by atoms with Gasteiger partial charge < -0.3 is 18.9 Å². The average molecular weight is 485 g/mol. The lowest BCUT2D eigenvalue weighted by molar-refractivity contribution is 0.0485. The summed E-state index contributed by atoms with van der Waals surface area (Å²) in [4.78, 5) is 50.5. The maximum Gasteiger partial charge on any atom is 0.349 e. The Bertz CT molecular complexity index is 1080. The summed E-state index contributed by atoms with van der Waals surface area (Å²) in [6, 6.07) is 0. The third kappa shape index (κ3) is 4.17. The van der Waals surface area contributed by atoms with Crippen LogP contribution in [0.3, 0.4) is 0 Å². The van der Waals surface area contributed by atoms with Crippen molar-refractivity contribution >= 4 is 76.7 Å². The smallest absolute Gasteiger partial charge is 0.349 e. The Kier molecular flexibility index (Phi) is 7.29. The number of hydrogen-bond donors (Lipinski definition) is 0. The Balaban J connectivity index is 2.31. The highest BCUT2D eigenvalue weighted by atomic mass is 32.1. The summed E-state index contributed by atoms with van der Waals surface area (Å²) < 4.78 is 22.7. The van der Waals surface area contributed by atoms with Crippen LogP contribution in [0.4, 0.5) is 0 Å². The zero-order chi connectivity index (χ0) is 22.7. The summed E-state index contributed by atoms with van der Waals surface area (Å²) in [5.41, 5.74) is 0.224. The number of hydrogen-bond acceptors (Lipinski definition) is 11. The summed E-state index contributed by atoms with van der Waals surface area (Å²) in [6.07, 6.45) is 0. The fraction of sp³-hybridized carbons (Fsp3) is 0.400. The van der Waals surface area contributed by atoms with Crippen molar-refractivity contribution in [2.75, 3.05) is 26.4 Å². The Morgan fingerprint density at radius 1 is 0.516 bits per heavy atom. The third-order valence-electron chi connectivity index (χ3n) is 4.02. The molecule has 11 heteroatoms. The fourth-order valence-electron chi connectivity index (χ4n) is 2.89. The highest BCUT2D eigenvalue weighted by Gasteiger charge is 2.33. The van der Waals surface area contributed by atoms with Gasteiger partial charge in [0, 0.05) is 0 Å². The first kappa shape index (κ1) is 23.2. The second-order valence-corrected chi connectivity index (χ2v) is 8.97. The number of ether oxygens (including phenoxy) is 4. The highest BCUT2D eigenvalue weighted by molar-refractivity contribution is 7.40. The second kappa shape index (κ2) is 9.75. The molecule has 0 spiro atoms. The van der Waals surface area contributed by atoms with E-state index in [2.05, 4.69) is 0 Å². The molecule has 0 bridgehead atoms. The molecule has 3 aromatic rings. The molecule has 0 aromatic carbocycles. The molecule has 0 aliphatic carbocycles. The van der Waals surface area contributed by atoms with Crippen LogP contribution < -0.4 is 0 Å². The molecule has 3 rings (SSSR count). The fourth-order valence-corrected chi connectivity index (χ4v) is 7.11. The summed E-state index contributed by atoms with van der Waals surface area (Å²) in [6.45, 7) is 7.27. The van der Waals surface area contributed by atoms with E-state index < -0.39 is 23.9 Å². The van der Waals surface area contributed by atoms with Crippen molar-refractivity contribution in [3.05, 3.63) is 20.9 Å². The Labute approximate surface area is 189 Å². The standard InChI is InChI=1S/C20H20O8S3/c1-5-25-17(21)9-11-15(30-13(9)19(23)27-7-3)16-12(29-11)10(18(22)26-6-2)14(31-16)20(24)28-8-4/h5-8H2,1-4H3. The number of carbonyl (C=O) groups excluding carboxylic acids is 4. The molecule has 3 heterocycles. The molecule has 8 nitrogen and oxygen atoms in total. The Morgan fingerprint density at radius 3 is 1.16 bits per heavy atom. The summed E-state index contributed by atoms with van der Waals surface area (Å²) in [5, 5.41) is 0. The van der Waals surface area contributed by atoms with Crippen LogP contribution in [-0.4, -0.2) is 50.3 Å². The van der Waals surface area contributed by atoms with E-state index in [1.807, 2.05) is 0 Å². The van der Waals surface area contributed by atoms with E-state index >= 15 is 0 Å². The number of carbonyl (C=O) groups is 4. The molecule has 166 valence electrons. The summed E-state index contributed by atoms with van der Waals surface area (Å²) >= 11 is 3.29. The van der Waals surface area contributed by atoms with Gasteiger partial charge >= 0.3 is 23.9 Å². The van der Waals surface area contributed by atoms with Gasteiger partial charge in [-0.2, -0.15) is 0 Å². The molecule has 0 N–H and O–H groups in total. The van der Waals surface area contributed by atoms with E-state index in [1.165, 1.54) is 0 Å². The van der Waals surface area contributed by atoms with Crippen molar-refractivity contribution in [2.24, 2.45) is 0 Å². The second-order valence-electron chi connectivity index (χ2n) is 5.91. The first-order chi connectivity index (χ1) is 14.9. The van der Waals surface area contributed by atoms with Crippen LogP contribution in [0, 0.1) is 0 Å². The molecular weight excluding hydrogens is 464 g/mol. The van der Waals surface area contributed by atoms with Gasteiger partial charge in [0.1, 0.15) is 20.9 Å². The Hall–Kier alpha value is -2.50. The highest BCUT2D eigenvalue weighted by Crippen LogP contribution is 2.49. The number of fused-ring (bicyclic) bond motifs is 3. The van der Waals surface area contributed by atoms with Gasteiger partial charge in [-0.25, -0.2) is 19.2 Å². The summed E-state index contributed by atoms with van der Waals surface area (Å²) in [5.74, 6) is -2.54. The summed E-state index contributed by atoms with van der Waals surface area (Å²) in [7, 11) is 0. The van der Waals surface area contributed by atoms with Crippen molar-refractivity contribution in [1.29, 1.82) is 0 Å². The van der Waals surface area contributed by atoms with Crippen molar-refractivity contribution in [3.8, 4) is 0 Å². The van der Waals surface area contributed by atoms with E-state index in [1.54, 1.807) is 27.7 Å². The minimum absolute atomic E-state index is 0.112. The minimum atomic E-state index is -0.644. The van der Waals surface area contributed by atoms with Crippen LogP contribution in [0.25, 0.3) is 18.8 Å². The number of thiophene rings is 3. The molecule has 0 saturated heterocycles. The topological polar surface area (TPSA) is 105 Å². The van der Waals surface area contributed by atoms with Crippen molar-refractivity contribution < 1.29 is 38.1 Å². The van der Waals surface area contributed by atoms with Crippen molar-refractivity contribution in [2.45, 2.75) is 27.7 Å².